The smallest absolute Gasteiger partial charge is 0.124 e. The lowest BCUT2D eigenvalue weighted by atomic mass is 10.1. The number of hydrogen-bond donors (Lipinski definition) is 2. The average Bonchev–Trinajstić information content (AvgIpc) is 2.43. The van der Waals surface area contributed by atoms with E-state index < -0.39 is 6.10 Å². The van der Waals surface area contributed by atoms with Gasteiger partial charge in [-0.3, -0.25) is 0 Å². The summed E-state index contributed by atoms with van der Waals surface area (Å²) in [5.41, 5.74) is 7.95. The van der Waals surface area contributed by atoms with E-state index in [4.69, 9.17) is 19.9 Å². The molecule has 0 radical (unpaired) electrons. The quantitative estimate of drug-likeness (QED) is 0.727. The minimum Gasteiger partial charge on any atom is -0.490 e. The molecule has 5 nitrogen and oxygen atoms in total. The van der Waals surface area contributed by atoms with Gasteiger partial charge in [0, 0.05) is 18.7 Å². The first kappa shape index (κ1) is 17.9. The third-order valence-electron chi connectivity index (χ3n) is 3.07. The van der Waals surface area contributed by atoms with Gasteiger partial charge in [-0.1, -0.05) is 12.1 Å². The van der Waals surface area contributed by atoms with E-state index in [-0.39, 0.29) is 25.4 Å². The average molecular weight is 297 g/mol. The van der Waals surface area contributed by atoms with Crippen molar-refractivity contribution in [3.05, 3.63) is 29.3 Å². The summed E-state index contributed by atoms with van der Waals surface area (Å²) in [5, 5.41) is 9.90. The molecule has 3 N–H and O–H groups in total. The molecule has 0 fully saturated rings. The molecular formula is C16H27NO4. The van der Waals surface area contributed by atoms with Crippen molar-refractivity contribution in [3.63, 3.8) is 0 Å². The number of benzene rings is 1. The number of aryl methyl sites for hydroxylation is 1. The largest absolute Gasteiger partial charge is 0.490 e. The van der Waals surface area contributed by atoms with E-state index in [1.165, 1.54) is 0 Å². The van der Waals surface area contributed by atoms with Gasteiger partial charge in [0.05, 0.1) is 19.3 Å². The van der Waals surface area contributed by atoms with Crippen LogP contribution in [0.1, 0.15) is 31.0 Å². The molecule has 0 aliphatic rings. The molecule has 1 aromatic rings. The van der Waals surface area contributed by atoms with E-state index in [1.807, 2.05) is 39.0 Å². The first-order valence-corrected chi connectivity index (χ1v) is 7.21. The topological polar surface area (TPSA) is 73.9 Å². The van der Waals surface area contributed by atoms with Crippen molar-refractivity contribution in [1.82, 2.24) is 0 Å². The van der Waals surface area contributed by atoms with Crippen LogP contribution in [-0.2, 0) is 9.47 Å². The second-order valence-corrected chi connectivity index (χ2v) is 5.39. The van der Waals surface area contributed by atoms with E-state index in [0.717, 1.165) is 11.1 Å². The lowest BCUT2D eigenvalue weighted by molar-refractivity contribution is -0.0423. The normalized spacial score (nSPS) is 15.5. The Labute approximate surface area is 127 Å². The first-order valence-electron chi connectivity index (χ1n) is 7.21. The monoisotopic (exact) mass is 297 g/mol. The van der Waals surface area contributed by atoms with Crippen LogP contribution in [0.2, 0.25) is 0 Å². The fourth-order valence-electron chi connectivity index (χ4n) is 1.94. The van der Waals surface area contributed by atoms with Crippen molar-refractivity contribution >= 4 is 0 Å². The van der Waals surface area contributed by atoms with Crippen LogP contribution >= 0.6 is 0 Å². The van der Waals surface area contributed by atoms with Crippen LogP contribution in [0.5, 0.6) is 5.75 Å². The van der Waals surface area contributed by atoms with Crippen molar-refractivity contribution in [1.29, 1.82) is 0 Å². The molecule has 0 spiro atoms. The second-order valence-electron chi connectivity index (χ2n) is 5.39. The minimum absolute atomic E-state index is 0.0526. The molecule has 0 heterocycles. The van der Waals surface area contributed by atoms with E-state index in [9.17, 15) is 5.11 Å². The summed E-state index contributed by atoms with van der Waals surface area (Å²) < 4.78 is 16.1. The number of aliphatic hydroxyl groups is 1. The molecule has 0 aliphatic heterocycles. The second kappa shape index (κ2) is 9.00. The Kier molecular flexibility index (Phi) is 7.67. The Morgan fingerprint density at radius 1 is 1.19 bits per heavy atom. The van der Waals surface area contributed by atoms with Gasteiger partial charge >= 0.3 is 0 Å². The molecule has 0 saturated heterocycles. The predicted molar refractivity (Wildman–Crippen MR) is 82.6 cm³/mol. The molecule has 120 valence electrons. The molecule has 0 amide bonds. The van der Waals surface area contributed by atoms with Gasteiger partial charge < -0.3 is 25.1 Å². The Morgan fingerprint density at radius 2 is 1.90 bits per heavy atom. The van der Waals surface area contributed by atoms with Gasteiger partial charge in [0.15, 0.2) is 0 Å². The number of methoxy groups -OCH3 is 1. The maximum atomic E-state index is 9.90. The van der Waals surface area contributed by atoms with Crippen LogP contribution in [0.3, 0.4) is 0 Å². The van der Waals surface area contributed by atoms with Gasteiger partial charge in [-0.15, -0.1) is 0 Å². The predicted octanol–water partition coefficient (Wildman–Crippen LogP) is 1.81. The highest BCUT2D eigenvalue weighted by Gasteiger charge is 2.12. The standard InChI is InChI=1S/C16H27NO4/c1-11-5-6-15(13(3)17)16(7-11)21-10-14(18)9-20-12(2)8-19-4/h5-7,12-14,18H,8-10,17H2,1-4H3/t12?,13-,14?/m0/s1. The summed E-state index contributed by atoms with van der Waals surface area (Å²) in [6.45, 7) is 6.67. The molecule has 0 saturated carbocycles. The van der Waals surface area contributed by atoms with Gasteiger partial charge in [0.1, 0.15) is 18.5 Å². The van der Waals surface area contributed by atoms with Crippen molar-refractivity contribution in [3.8, 4) is 5.75 Å². The van der Waals surface area contributed by atoms with Gasteiger partial charge in [-0.25, -0.2) is 0 Å². The zero-order chi connectivity index (χ0) is 15.8. The highest BCUT2D eigenvalue weighted by molar-refractivity contribution is 5.38. The van der Waals surface area contributed by atoms with Crippen molar-refractivity contribution in [2.75, 3.05) is 26.9 Å². The SMILES string of the molecule is COCC(C)OCC(O)COc1cc(C)ccc1[C@H](C)N. The summed E-state index contributed by atoms with van der Waals surface area (Å²) in [5.74, 6) is 0.717. The molecule has 5 heteroatoms. The Balaban J connectivity index is 2.49. The van der Waals surface area contributed by atoms with Gasteiger partial charge in [-0.2, -0.15) is 0 Å². The van der Waals surface area contributed by atoms with Crippen LogP contribution in [-0.4, -0.2) is 44.2 Å². The Hall–Kier alpha value is -1.14. The van der Waals surface area contributed by atoms with Crippen molar-refractivity contribution in [2.24, 2.45) is 5.73 Å². The lowest BCUT2D eigenvalue weighted by Crippen LogP contribution is -2.27. The van der Waals surface area contributed by atoms with E-state index in [1.54, 1.807) is 7.11 Å². The van der Waals surface area contributed by atoms with Gasteiger partial charge in [0.2, 0.25) is 0 Å². The van der Waals surface area contributed by atoms with E-state index in [2.05, 4.69) is 0 Å². The molecule has 1 rings (SSSR count). The first-order chi connectivity index (χ1) is 9.93. The van der Waals surface area contributed by atoms with Gasteiger partial charge in [-0.05, 0) is 32.4 Å². The fourth-order valence-corrected chi connectivity index (χ4v) is 1.94. The number of nitrogens with two attached hydrogens (primary N) is 1. The third kappa shape index (κ3) is 6.44. The number of aliphatic hydroxyl groups excluding tert-OH is 1. The molecular weight excluding hydrogens is 270 g/mol. The van der Waals surface area contributed by atoms with Crippen LogP contribution in [0.4, 0.5) is 0 Å². The Bertz CT molecular complexity index is 423. The number of rotatable bonds is 9. The summed E-state index contributed by atoms with van der Waals surface area (Å²) in [7, 11) is 1.62. The molecule has 0 bridgehead atoms. The highest BCUT2D eigenvalue weighted by Crippen LogP contribution is 2.25. The number of ether oxygens (including phenoxy) is 3. The van der Waals surface area contributed by atoms with E-state index in [0.29, 0.717) is 12.4 Å². The van der Waals surface area contributed by atoms with Crippen LogP contribution in [0, 0.1) is 6.92 Å². The Morgan fingerprint density at radius 3 is 2.52 bits per heavy atom. The molecule has 21 heavy (non-hydrogen) atoms. The van der Waals surface area contributed by atoms with Gasteiger partial charge in [0.25, 0.3) is 0 Å². The third-order valence-corrected chi connectivity index (χ3v) is 3.07. The summed E-state index contributed by atoms with van der Waals surface area (Å²) >= 11 is 0. The molecule has 1 aromatic carbocycles. The van der Waals surface area contributed by atoms with Crippen LogP contribution in [0.25, 0.3) is 0 Å². The van der Waals surface area contributed by atoms with Crippen molar-refractivity contribution in [2.45, 2.75) is 39.0 Å². The molecule has 0 aromatic heterocycles. The summed E-state index contributed by atoms with van der Waals surface area (Å²) in [4.78, 5) is 0. The zero-order valence-electron chi connectivity index (χ0n) is 13.3. The minimum atomic E-state index is -0.689. The van der Waals surface area contributed by atoms with E-state index >= 15 is 0 Å². The number of hydrogen-bond acceptors (Lipinski definition) is 5. The molecule has 3 atom stereocenters. The fraction of sp³-hybridized carbons (Fsp3) is 0.625. The summed E-state index contributed by atoms with van der Waals surface area (Å²) in [6.07, 6.45) is -0.742. The molecule has 0 aliphatic carbocycles. The van der Waals surface area contributed by atoms with Crippen LogP contribution in [0.15, 0.2) is 18.2 Å². The van der Waals surface area contributed by atoms with Crippen LogP contribution < -0.4 is 10.5 Å². The zero-order valence-corrected chi connectivity index (χ0v) is 13.3. The lowest BCUT2D eigenvalue weighted by Gasteiger charge is -2.19. The molecule has 2 unspecified atom stereocenters. The van der Waals surface area contributed by atoms with Crippen molar-refractivity contribution < 1.29 is 19.3 Å². The summed E-state index contributed by atoms with van der Waals surface area (Å²) in [6, 6.07) is 5.77. The maximum Gasteiger partial charge on any atom is 0.124 e. The maximum absolute atomic E-state index is 9.90. The highest BCUT2D eigenvalue weighted by atomic mass is 16.5.